The number of allylic oxidation sites excluding steroid dienone is 1. The maximum atomic E-state index is 13.6. The number of hydrogen-bond donors (Lipinski definition) is 0. The van der Waals surface area contributed by atoms with Gasteiger partial charge in [-0.1, -0.05) is 30.3 Å². The normalized spacial score (nSPS) is 11.2. The first-order valence-corrected chi connectivity index (χ1v) is 7.22. The van der Waals surface area contributed by atoms with Crippen LogP contribution in [0.4, 0.5) is 4.39 Å². The molecule has 3 aromatic rings. The maximum Gasteiger partial charge on any atom is 0.333 e. The van der Waals surface area contributed by atoms with Crippen LogP contribution in [0, 0.1) is 23.2 Å². The second-order valence-electron chi connectivity index (χ2n) is 5.23. The largest absolute Gasteiger partial charge is 0.618 e. The number of para-hydroxylation sites is 2. The average Bonchev–Trinajstić information content (AvgIpc) is 2.59. The summed E-state index contributed by atoms with van der Waals surface area (Å²) in [5.74, 6) is -1.15. The Kier molecular flexibility index (Phi) is 3.95. The number of halogens is 1. The van der Waals surface area contributed by atoms with Crippen LogP contribution in [0.5, 0.6) is 0 Å². The third kappa shape index (κ3) is 2.58. The summed E-state index contributed by atoms with van der Waals surface area (Å²) >= 11 is 0. The lowest BCUT2D eigenvalue weighted by Gasteiger charge is -2.09. The lowest BCUT2D eigenvalue weighted by Crippen LogP contribution is -2.46. The second-order valence-corrected chi connectivity index (χ2v) is 5.23. The van der Waals surface area contributed by atoms with Gasteiger partial charge in [-0.05, 0) is 18.2 Å². The number of carbonyl (C=O) groups excluding carboxylic acids is 1. The van der Waals surface area contributed by atoms with Crippen molar-refractivity contribution >= 4 is 22.9 Å². The first-order valence-electron chi connectivity index (χ1n) is 7.22. The monoisotopic (exact) mass is 324 g/mol. The molecule has 0 aliphatic carbocycles. The molecule has 2 aromatic carbocycles. The molecule has 0 amide bonds. The number of benzene rings is 2. The Morgan fingerprint density at radius 1 is 1.00 bits per heavy atom. The fraction of sp³-hybridized carbons (Fsp3) is 0.0556. The van der Waals surface area contributed by atoms with E-state index in [1.807, 2.05) is 0 Å². The van der Waals surface area contributed by atoms with Gasteiger partial charge < -0.3 is 10.4 Å². The van der Waals surface area contributed by atoms with Crippen molar-refractivity contribution in [1.29, 1.82) is 0 Å². The topological polar surface area (TPSA) is 71.0 Å². The van der Waals surface area contributed by atoms with Gasteiger partial charge in [0.2, 0.25) is 0 Å². The molecule has 0 saturated heterocycles. The zero-order valence-corrected chi connectivity index (χ0v) is 12.8. The number of aromatic nitrogens is 2. The predicted molar refractivity (Wildman–Crippen MR) is 86.4 cm³/mol. The highest BCUT2D eigenvalue weighted by atomic mass is 19.1. The Morgan fingerprint density at radius 3 is 2.25 bits per heavy atom. The van der Waals surface area contributed by atoms with Gasteiger partial charge in [0, 0.05) is 24.6 Å². The van der Waals surface area contributed by atoms with Gasteiger partial charge in [-0.3, -0.25) is 4.79 Å². The van der Waals surface area contributed by atoms with Crippen LogP contribution in [0.25, 0.3) is 17.1 Å². The zero-order valence-electron chi connectivity index (χ0n) is 12.8. The van der Waals surface area contributed by atoms with E-state index in [9.17, 15) is 19.6 Å². The predicted octanol–water partition coefficient (Wildman–Crippen LogP) is 2.45. The van der Waals surface area contributed by atoms with Crippen molar-refractivity contribution in [2.45, 2.75) is 6.92 Å². The van der Waals surface area contributed by atoms with Crippen LogP contribution >= 0.6 is 0 Å². The number of carbonyl (C=O) groups is 1. The van der Waals surface area contributed by atoms with Crippen LogP contribution in [0.3, 0.4) is 0 Å². The molecular formula is C18H13FN2O3. The van der Waals surface area contributed by atoms with Gasteiger partial charge in [0.05, 0.1) is 0 Å². The van der Waals surface area contributed by atoms with Crippen molar-refractivity contribution in [2.24, 2.45) is 0 Å². The number of hydrogen-bond acceptors (Lipinski definition) is 3. The summed E-state index contributed by atoms with van der Waals surface area (Å²) in [4.78, 5) is 12.4. The summed E-state index contributed by atoms with van der Waals surface area (Å²) in [5, 5.41) is 24.7. The van der Waals surface area contributed by atoms with Crippen LogP contribution < -0.4 is 9.46 Å². The molecule has 1 heterocycles. The molecule has 24 heavy (non-hydrogen) atoms. The summed E-state index contributed by atoms with van der Waals surface area (Å²) in [6.45, 7) is 1.40. The molecule has 0 aliphatic heterocycles. The molecule has 0 radical (unpaired) electrons. The first kappa shape index (κ1) is 15.6. The highest BCUT2D eigenvalue weighted by Gasteiger charge is 2.28. The molecule has 120 valence electrons. The first-order chi connectivity index (χ1) is 11.5. The molecule has 0 aliphatic rings. The van der Waals surface area contributed by atoms with Gasteiger partial charge in [0.1, 0.15) is 5.82 Å². The Hall–Kier alpha value is -3.28. The van der Waals surface area contributed by atoms with E-state index < -0.39 is 11.6 Å². The molecule has 5 nitrogen and oxygen atoms in total. The van der Waals surface area contributed by atoms with Gasteiger partial charge in [0.25, 0.3) is 22.5 Å². The maximum absolute atomic E-state index is 13.6. The number of nitrogens with zero attached hydrogens (tertiary/aromatic N) is 2. The lowest BCUT2D eigenvalue weighted by molar-refractivity contribution is -0.635. The van der Waals surface area contributed by atoms with Crippen LogP contribution in [0.15, 0.2) is 54.6 Å². The van der Waals surface area contributed by atoms with Crippen molar-refractivity contribution in [3.63, 3.8) is 0 Å². The fourth-order valence-corrected chi connectivity index (χ4v) is 2.48. The van der Waals surface area contributed by atoms with Gasteiger partial charge in [0.15, 0.2) is 0 Å². The molecule has 0 saturated carbocycles. The van der Waals surface area contributed by atoms with E-state index in [-0.39, 0.29) is 28.0 Å². The third-order valence-electron chi connectivity index (χ3n) is 3.72. The molecule has 0 N–H and O–H groups in total. The van der Waals surface area contributed by atoms with Crippen molar-refractivity contribution in [3.05, 3.63) is 87.8 Å². The van der Waals surface area contributed by atoms with Gasteiger partial charge in [-0.15, -0.1) is 0 Å². The average molecular weight is 324 g/mol. The molecule has 0 fully saturated rings. The van der Waals surface area contributed by atoms with Crippen LogP contribution in [0.2, 0.25) is 0 Å². The zero-order chi connectivity index (χ0) is 17.3. The summed E-state index contributed by atoms with van der Waals surface area (Å²) < 4.78 is 14.6. The van der Waals surface area contributed by atoms with E-state index in [1.165, 1.54) is 43.3 Å². The summed E-state index contributed by atoms with van der Waals surface area (Å²) in [7, 11) is 0. The minimum atomic E-state index is -0.666. The molecule has 0 atom stereocenters. The number of ketones is 1. The quantitative estimate of drug-likeness (QED) is 0.321. The Labute approximate surface area is 137 Å². The summed E-state index contributed by atoms with van der Waals surface area (Å²) in [5.41, 5.74) is 0.209. The number of rotatable bonds is 3. The van der Waals surface area contributed by atoms with Crippen LogP contribution in [-0.2, 0) is 0 Å². The van der Waals surface area contributed by atoms with Gasteiger partial charge >= 0.3 is 5.69 Å². The lowest BCUT2D eigenvalue weighted by atomic mass is 10.1. The fourth-order valence-electron chi connectivity index (χ4n) is 2.48. The third-order valence-corrected chi connectivity index (χ3v) is 3.72. The summed E-state index contributed by atoms with van der Waals surface area (Å²) in [6.07, 6.45) is 2.37. The van der Waals surface area contributed by atoms with Crippen LogP contribution in [0.1, 0.15) is 21.7 Å². The Bertz CT molecular complexity index is 983. The van der Waals surface area contributed by atoms with Crippen molar-refractivity contribution in [1.82, 2.24) is 0 Å². The smallest absolute Gasteiger partial charge is 0.333 e. The second kappa shape index (κ2) is 6.08. The Morgan fingerprint density at radius 2 is 1.58 bits per heavy atom. The molecule has 1 aromatic heterocycles. The van der Waals surface area contributed by atoms with Crippen LogP contribution in [-0.4, -0.2) is 5.78 Å². The van der Waals surface area contributed by atoms with Crippen molar-refractivity contribution in [3.8, 4) is 0 Å². The molecule has 3 rings (SSSR count). The minimum absolute atomic E-state index is 0.00752. The van der Waals surface area contributed by atoms with Crippen molar-refractivity contribution < 1.29 is 18.6 Å². The minimum Gasteiger partial charge on any atom is -0.618 e. The van der Waals surface area contributed by atoms with Gasteiger partial charge in [-0.2, -0.15) is 9.46 Å². The van der Waals surface area contributed by atoms with Gasteiger partial charge in [-0.25, -0.2) is 4.39 Å². The van der Waals surface area contributed by atoms with E-state index in [0.29, 0.717) is 9.46 Å². The van der Waals surface area contributed by atoms with E-state index >= 15 is 0 Å². The molecule has 0 bridgehead atoms. The number of fused-ring (bicyclic) bond motifs is 1. The molecular weight excluding hydrogens is 311 g/mol. The van der Waals surface area contributed by atoms with E-state index in [1.54, 1.807) is 18.2 Å². The Balaban J connectivity index is 2.09. The standard InChI is InChI=1S/C18H13FN2O3/c1-12-18(17(22)11-10-13-6-2-3-7-14(13)19)21(24)16-9-5-4-8-15(16)20(12)23/h2-11H,1H3. The SMILES string of the molecule is Cc1c(C(=O)C=Cc2ccccc2F)[n+]([O-])c2ccccc2[n+]1[O-]. The highest BCUT2D eigenvalue weighted by molar-refractivity contribution is 6.05. The molecule has 0 spiro atoms. The van der Waals surface area contributed by atoms with E-state index in [2.05, 4.69) is 0 Å². The highest BCUT2D eigenvalue weighted by Crippen LogP contribution is 2.12. The van der Waals surface area contributed by atoms with Crippen molar-refractivity contribution in [2.75, 3.05) is 0 Å². The molecule has 0 unspecified atom stereocenters. The van der Waals surface area contributed by atoms with E-state index in [0.717, 1.165) is 6.08 Å². The van der Waals surface area contributed by atoms with E-state index in [4.69, 9.17) is 0 Å². The summed E-state index contributed by atoms with van der Waals surface area (Å²) in [6, 6.07) is 12.2. The molecule has 6 heteroatoms.